The van der Waals surface area contributed by atoms with Crippen molar-refractivity contribution < 1.29 is 4.79 Å². The van der Waals surface area contributed by atoms with E-state index in [4.69, 9.17) is 0 Å². The maximum Gasteiger partial charge on any atom is 0.237 e. The molecule has 98 valence electrons. The first-order valence-corrected chi connectivity index (χ1v) is 7.74. The van der Waals surface area contributed by atoms with E-state index < -0.39 is 0 Å². The van der Waals surface area contributed by atoms with Crippen LogP contribution in [-0.2, 0) is 11.2 Å². The van der Waals surface area contributed by atoms with Crippen molar-refractivity contribution in [3.63, 3.8) is 0 Å². The molecule has 18 heavy (non-hydrogen) atoms. The van der Waals surface area contributed by atoms with Crippen LogP contribution in [0.1, 0.15) is 49.1 Å². The van der Waals surface area contributed by atoms with Gasteiger partial charge in [0.05, 0.1) is 6.04 Å². The van der Waals surface area contributed by atoms with Gasteiger partial charge in [-0.25, -0.2) is 0 Å². The molecule has 4 heteroatoms. The Hall–Kier alpha value is -0.870. The van der Waals surface area contributed by atoms with E-state index in [9.17, 15) is 4.79 Å². The predicted octanol–water partition coefficient (Wildman–Crippen LogP) is 2.38. The summed E-state index contributed by atoms with van der Waals surface area (Å²) in [4.78, 5) is 13.4. The standard InChI is InChI=1S/C14H20N2OS/c1-9(14(17)16-10-5-6-10)15-12-3-2-4-13-11(12)7-8-18-13/h7-10,12,15H,2-6H2,1H3,(H,16,17). The Balaban J connectivity index is 1.61. The minimum atomic E-state index is -0.0959. The molecule has 0 aliphatic heterocycles. The fraction of sp³-hybridized carbons (Fsp3) is 0.643. The Labute approximate surface area is 112 Å². The maximum atomic E-state index is 11.9. The Morgan fingerprint density at radius 3 is 3.06 bits per heavy atom. The molecule has 1 fully saturated rings. The molecule has 1 heterocycles. The number of rotatable bonds is 4. The van der Waals surface area contributed by atoms with Gasteiger partial charge in [-0.1, -0.05) is 0 Å². The van der Waals surface area contributed by atoms with Crippen molar-refractivity contribution in [3.8, 4) is 0 Å². The number of hydrogen-bond donors (Lipinski definition) is 2. The van der Waals surface area contributed by atoms with Gasteiger partial charge < -0.3 is 5.32 Å². The molecular formula is C14H20N2OS. The van der Waals surface area contributed by atoms with Crippen LogP contribution in [0.15, 0.2) is 11.4 Å². The highest BCUT2D eigenvalue weighted by atomic mass is 32.1. The summed E-state index contributed by atoms with van der Waals surface area (Å²) in [5.74, 6) is 0.153. The van der Waals surface area contributed by atoms with E-state index in [1.165, 1.54) is 23.3 Å². The normalized spacial score (nSPS) is 24.4. The average molecular weight is 264 g/mol. The Bertz CT molecular complexity index is 439. The molecule has 2 atom stereocenters. The van der Waals surface area contributed by atoms with Crippen LogP contribution in [0.4, 0.5) is 0 Å². The van der Waals surface area contributed by atoms with Gasteiger partial charge >= 0.3 is 0 Å². The van der Waals surface area contributed by atoms with Crippen LogP contribution in [0.2, 0.25) is 0 Å². The monoisotopic (exact) mass is 264 g/mol. The first-order chi connectivity index (χ1) is 8.74. The average Bonchev–Trinajstić information content (AvgIpc) is 3.04. The molecule has 1 saturated carbocycles. The topological polar surface area (TPSA) is 41.1 Å². The molecule has 3 rings (SSSR count). The summed E-state index contributed by atoms with van der Waals surface area (Å²) in [7, 11) is 0. The summed E-state index contributed by atoms with van der Waals surface area (Å²) < 4.78 is 0. The molecule has 2 aliphatic rings. The maximum absolute atomic E-state index is 11.9. The number of amides is 1. The van der Waals surface area contributed by atoms with Gasteiger partial charge in [0.1, 0.15) is 0 Å². The fourth-order valence-corrected chi connectivity index (χ4v) is 3.58. The lowest BCUT2D eigenvalue weighted by Gasteiger charge is -2.26. The number of hydrogen-bond acceptors (Lipinski definition) is 3. The molecule has 1 aromatic rings. The number of fused-ring (bicyclic) bond motifs is 1. The zero-order valence-electron chi connectivity index (χ0n) is 10.7. The highest BCUT2D eigenvalue weighted by molar-refractivity contribution is 7.10. The molecule has 3 nitrogen and oxygen atoms in total. The van der Waals surface area contributed by atoms with Crippen LogP contribution < -0.4 is 10.6 Å². The smallest absolute Gasteiger partial charge is 0.237 e. The summed E-state index contributed by atoms with van der Waals surface area (Å²) in [6.45, 7) is 1.97. The molecule has 1 amide bonds. The lowest BCUT2D eigenvalue weighted by atomic mass is 9.93. The van der Waals surface area contributed by atoms with Gasteiger partial charge in [0.15, 0.2) is 0 Å². The fourth-order valence-electron chi connectivity index (χ4n) is 2.59. The molecule has 0 radical (unpaired) electrons. The van der Waals surface area contributed by atoms with Crippen LogP contribution in [0.25, 0.3) is 0 Å². The van der Waals surface area contributed by atoms with Crippen LogP contribution in [0.5, 0.6) is 0 Å². The SMILES string of the molecule is CC(NC1CCCc2sccc21)C(=O)NC1CC1. The molecule has 0 bridgehead atoms. The summed E-state index contributed by atoms with van der Waals surface area (Å²) in [5.41, 5.74) is 1.41. The second kappa shape index (κ2) is 5.02. The minimum absolute atomic E-state index is 0.0959. The molecule has 0 aromatic carbocycles. The zero-order valence-corrected chi connectivity index (χ0v) is 11.6. The summed E-state index contributed by atoms with van der Waals surface area (Å²) in [6.07, 6.45) is 5.87. The van der Waals surface area contributed by atoms with Gasteiger partial charge in [0.25, 0.3) is 0 Å². The second-order valence-electron chi connectivity index (χ2n) is 5.42. The lowest BCUT2D eigenvalue weighted by Crippen LogP contribution is -2.44. The van der Waals surface area contributed by atoms with Gasteiger partial charge in [0.2, 0.25) is 5.91 Å². The number of carbonyl (C=O) groups excluding carboxylic acids is 1. The highest BCUT2D eigenvalue weighted by Crippen LogP contribution is 2.33. The third kappa shape index (κ3) is 2.59. The van der Waals surface area contributed by atoms with Crippen molar-refractivity contribution in [2.75, 3.05) is 0 Å². The lowest BCUT2D eigenvalue weighted by molar-refractivity contribution is -0.123. The van der Waals surface area contributed by atoms with Gasteiger partial charge in [-0.05, 0) is 56.0 Å². The quantitative estimate of drug-likeness (QED) is 0.876. The number of carbonyl (C=O) groups is 1. The molecule has 2 aliphatic carbocycles. The van der Waals surface area contributed by atoms with Gasteiger partial charge in [-0.2, -0.15) is 0 Å². The second-order valence-corrected chi connectivity index (χ2v) is 6.42. The summed E-state index contributed by atoms with van der Waals surface area (Å²) in [6, 6.07) is 2.92. The van der Waals surface area contributed by atoms with Crippen molar-refractivity contribution in [1.29, 1.82) is 0 Å². The first-order valence-electron chi connectivity index (χ1n) is 6.86. The molecule has 0 saturated heterocycles. The van der Waals surface area contributed by atoms with Crippen LogP contribution in [0, 0.1) is 0 Å². The van der Waals surface area contributed by atoms with E-state index in [-0.39, 0.29) is 11.9 Å². The van der Waals surface area contributed by atoms with Crippen LogP contribution >= 0.6 is 11.3 Å². The highest BCUT2D eigenvalue weighted by Gasteiger charge is 2.28. The summed E-state index contributed by atoms with van der Waals surface area (Å²) >= 11 is 1.84. The third-order valence-electron chi connectivity index (χ3n) is 3.82. The van der Waals surface area contributed by atoms with Gasteiger partial charge in [0, 0.05) is 17.0 Å². The zero-order chi connectivity index (χ0) is 12.5. The molecule has 2 unspecified atom stereocenters. The van der Waals surface area contributed by atoms with Crippen molar-refractivity contribution in [2.45, 2.75) is 57.2 Å². The molecule has 2 N–H and O–H groups in total. The molecule has 0 spiro atoms. The number of nitrogens with one attached hydrogen (secondary N) is 2. The largest absolute Gasteiger partial charge is 0.352 e. The van der Waals surface area contributed by atoms with Crippen LogP contribution in [-0.4, -0.2) is 18.0 Å². The molecule has 1 aromatic heterocycles. The van der Waals surface area contributed by atoms with Gasteiger partial charge in [-0.3, -0.25) is 10.1 Å². The first kappa shape index (κ1) is 12.2. The van der Waals surface area contributed by atoms with Crippen molar-refractivity contribution in [1.82, 2.24) is 10.6 Å². The van der Waals surface area contributed by atoms with Crippen molar-refractivity contribution in [3.05, 3.63) is 21.9 Å². The van der Waals surface area contributed by atoms with E-state index >= 15 is 0 Å². The Morgan fingerprint density at radius 1 is 1.44 bits per heavy atom. The van der Waals surface area contributed by atoms with E-state index in [1.807, 2.05) is 18.3 Å². The third-order valence-corrected chi connectivity index (χ3v) is 4.82. The minimum Gasteiger partial charge on any atom is -0.352 e. The van der Waals surface area contributed by atoms with Crippen molar-refractivity contribution >= 4 is 17.2 Å². The van der Waals surface area contributed by atoms with Gasteiger partial charge in [-0.15, -0.1) is 11.3 Å². The van der Waals surface area contributed by atoms with Crippen LogP contribution in [0.3, 0.4) is 0 Å². The molecular weight excluding hydrogens is 244 g/mol. The Morgan fingerprint density at radius 2 is 2.28 bits per heavy atom. The van der Waals surface area contributed by atoms with Crippen molar-refractivity contribution in [2.24, 2.45) is 0 Å². The van der Waals surface area contributed by atoms with E-state index in [0.717, 1.165) is 19.3 Å². The van der Waals surface area contributed by atoms with E-state index in [0.29, 0.717) is 12.1 Å². The number of aryl methyl sites for hydroxylation is 1. The number of thiophene rings is 1. The van der Waals surface area contributed by atoms with E-state index in [2.05, 4.69) is 22.1 Å². The van der Waals surface area contributed by atoms with E-state index in [1.54, 1.807) is 0 Å². The predicted molar refractivity (Wildman–Crippen MR) is 73.8 cm³/mol. The summed E-state index contributed by atoms with van der Waals surface area (Å²) in [5, 5.41) is 8.72. The Kier molecular flexibility index (Phi) is 3.39.